The Morgan fingerprint density at radius 1 is 0.769 bits per heavy atom. The summed E-state index contributed by atoms with van der Waals surface area (Å²) < 4.78 is 0. The predicted octanol–water partition coefficient (Wildman–Crippen LogP) is 3.64. The second kappa shape index (κ2) is 6.88. The summed E-state index contributed by atoms with van der Waals surface area (Å²) in [5.74, 6) is 0.476. The molecular formula is C12H20O. The van der Waals surface area contributed by atoms with E-state index in [4.69, 9.17) is 0 Å². The van der Waals surface area contributed by atoms with Crippen molar-refractivity contribution < 1.29 is 4.79 Å². The van der Waals surface area contributed by atoms with Crippen LogP contribution in [0.5, 0.6) is 0 Å². The molecule has 74 valence electrons. The smallest absolute Gasteiger partial charge is 0.132 e. The minimum absolute atomic E-state index is 0.476. The molecular weight excluding hydrogens is 160 g/mol. The van der Waals surface area contributed by atoms with Crippen molar-refractivity contribution >= 4 is 5.78 Å². The molecule has 0 saturated carbocycles. The molecule has 1 aliphatic rings. The van der Waals surface area contributed by atoms with Gasteiger partial charge in [-0.2, -0.15) is 0 Å². The molecule has 0 atom stereocenters. The third-order valence-electron chi connectivity index (χ3n) is 2.57. The van der Waals surface area contributed by atoms with Crippen molar-refractivity contribution in [2.24, 2.45) is 0 Å². The molecule has 0 N–H and O–H groups in total. The first-order valence-electron chi connectivity index (χ1n) is 5.56. The molecule has 0 aliphatic heterocycles. The van der Waals surface area contributed by atoms with E-state index in [2.05, 4.69) is 12.2 Å². The molecule has 0 aromatic rings. The van der Waals surface area contributed by atoms with Crippen LogP contribution >= 0.6 is 0 Å². The lowest BCUT2D eigenvalue weighted by molar-refractivity contribution is -0.119. The Morgan fingerprint density at radius 3 is 2.00 bits per heavy atom. The number of hydrogen-bond donors (Lipinski definition) is 0. The maximum absolute atomic E-state index is 11.3. The number of allylic oxidation sites excluding steroid dienone is 2. The highest BCUT2D eigenvalue weighted by molar-refractivity contribution is 5.78. The summed E-state index contributed by atoms with van der Waals surface area (Å²) in [6, 6.07) is 0. The van der Waals surface area contributed by atoms with Crippen LogP contribution in [-0.2, 0) is 4.79 Å². The van der Waals surface area contributed by atoms with Crippen LogP contribution in [0.4, 0.5) is 0 Å². The molecule has 0 heterocycles. The lowest BCUT2D eigenvalue weighted by Gasteiger charge is -2.02. The highest BCUT2D eigenvalue weighted by Gasteiger charge is 2.01. The average Bonchev–Trinajstić information content (AvgIpc) is 2.11. The van der Waals surface area contributed by atoms with Gasteiger partial charge in [0.05, 0.1) is 0 Å². The largest absolute Gasteiger partial charge is 0.300 e. The van der Waals surface area contributed by atoms with E-state index in [1.807, 2.05) is 0 Å². The molecule has 1 nitrogen and oxygen atoms in total. The maximum Gasteiger partial charge on any atom is 0.132 e. The Bertz CT molecular complexity index is 170. The van der Waals surface area contributed by atoms with Crippen molar-refractivity contribution in [1.29, 1.82) is 0 Å². The predicted molar refractivity (Wildman–Crippen MR) is 55.7 cm³/mol. The fourth-order valence-corrected chi connectivity index (χ4v) is 1.71. The third-order valence-corrected chi connectivity index (χ3v) is 2.57. The highest BCUT2D eigenvalue weighted by Crippen LogP contribution is 2.10. The lowest BCUT2D eigenvalue weighted by atomic mass is 10.0. The molecule has 0 spiro atoms. The van der Waals surface area contributed by atoms with E-state index in [9.17, 15) is 4.79 Å². The molecule has 0 aromatic heterocycles. The van der Waals surface area contributed by atoms with Crippen LogP contribution in [0.1, 0.15) is 57.8 Å². The van der Waals surface area contributed by atoms with Crippen molar-refractivity contribution in [3.63, 3.8) is 0 Å². The van der Waals surface area contributed by atoms with Gasteiger partial charge < -0.3 is 0 Å². The average molecular weight is 180 g/mol. The van der Waals surface area contributed by atoms with Gasteiger partial charge in [0.2, 0.25) is 0 Å². The number of rotatable bonds is 0. The molecule has 0 amide bonds. The van der Waals surface area contributed by atoms with Gasteiger partial charge in [0.25, 0.3) is 0 Å². The fraction of sp³-hybridized carbons (Fsp3) is 0.750. The van der Waals surface area contributed by atoms with Crippen molar-refractivity contribution in [1.82, 2.24) is 0 Å². The number of Topliss-reactive ketones (excluding diaryl/α,β-unsaturated/α-hetero) is 1. The van der Waals surface area contributed by atoms with Crippen molar-refractivity contribution in [2.45, 2.75) is 57.8 Å². The summed E-state index contributed by atoms with van der Waals surface area (Å²) in [5.41, 5.74) is 0. The van der Waals surface area contributed by atoms with Gasteiger partial charge >= 0.3 is 0 Å². The Labute approximate surface area is 81.2 Å². The second-order valence-corrected chi connectivity index (χ2v) is 3.86. The molecule has 13 heavy (non-hydrogen) atoms. The third kappa shape index (κ3) is 5.62. The molecule has 0 bridgehead atoms. The molecule has 0 aromatic carbocycles. The van der Waals surface area contributed by atoms with E-state index >= 15 is 0 Å². The summed E-state index contributed by atoms with van der Waals surface area (Å²) >= 11 is 0. The van der Waals surface area contributed by atoms with E-state index in [0.29, 0.717) is 5.78 Å². The van der Waals surface area contributed by atoms with Crippen LogP contribution in [0.3, 0.4) is 0 Å². The summed E-state index contributed by atoms with van der Waals surface area (Å²) in [6.45, 7) is 0. The Kier molecular flexibility index (Phi) is 5.55. The first-order valence-corrected chi connectivity index (χ1v) is 5.56. The summed E-state index contributed by atoms with van der Waals surface area (Å²) in [7, 11) is 0. The summed E-state index contributed by atoms with van der Waals surface area (Å²) in [4.78, 5) is 11.3. The summed E-state index contributed by atoms with van der Waals surface area (Å²) in [6.07, 6.45) is 14.4. The zero-order valence-corrected chi connectivity index (χ0v) is 8.43. The van der Waals surface area contributed by atoms with Gasteiger partial charge in [0.1, 0.15) is 5.78 Å². The number of ketones is 1. The van der Waals surface area contributed by atoms with Crippen LogP contribution in [0.2, 0.25) is 0 Å². The first-order chi connectivity index (χ1) is 6.39. The van der Waals surface area contributed by atoms with E-state index in [-0.39, 0.29) is 0 Å². The molecule has 1 heteroatoms. The molecule has 0 radical (unpaired) electrons. The zero-order chi connectivity index (χ0) is 9.36. The summed E-state index contributed by atoms with van der Waals surface area (Å²) in [5, 5.41) is 0. The van der Waals surface area contributed by atoms with E-state index in [1.54, 1.807) is 0 Å². The van der Waals surface area contributed by atoms with Crippen LogP contribution in [-0.4, -0.2) is 5.78 Å². The van der Waals surface area contributed by atoms with E-state index in [1.165, 1.54) is 25.7 Å². The van der Waals surface area contributed by atoms with Crippen LogP contribution in [0, 0.1) is 0 Å². The number of carbonyl (C=O) groups is 1. The minimum atomic E-state index is 0.476. The SMILES string of the molecule is O=C1CCCCC=CCCCCC1. The standard InChI is InChI=1S/C12H20O/c13-12-10-8-6-4-2-1-3-5-7-9-11-12/h1-2H,3-11H2. The van der Waals surface area contributed by atoms with Gasteiger partial charge in [-0.15, -0.1) is 0 Å². The Hall–Kier alpha value is -0.590. The second-order valence-electron chi connectivity index (χ2n) is 3.86. The number of carbonyl (C=O) groups excluding carboxylic acids is 1. The van der Waals surface area contributed by atoms with Gasteiger partial charge in [-0.3, -0.25) is 4.79 Å². The number of hydrogen-bond acceptors (Lipinski definition) is 1. The Balaban J connectivity index is 2.24. The van der Waals surface area contributed by atoms with Crippen LogP contribution < -0.4 is 0 Å². The van der Waals surface area contributed by atoms with Gasteiger partial charge in [-0.05, 0) is 38.5 Å². The first kappa shape index (κ1) is 10.5. The monoisotopic (exact) mass is 180 g/mol. The minimum Gasteiger partial charge on any atom is -0.300 e. The van der Waals surface area contributed by atoms with Gasteiger partial charge in [0, 0.05) is 12.8 Å². The van der Waals surface area contributed by atoms with Crippen LogP contribution in [0.25, 0.3) is 0 Å². The van der Waals surface area contributed by atoms with Crippen molar-refractivity contribution in [2.75, 3.05) is 0 Å². The van der Waals surface area contributed by atoms with E-state index < -0.39 is 0 Å². The Morgan fingerprint density at radius 2 is 1.31 bits per heavy atom. The molecule has 1 rings (SSSR count). The highest BCUT2D eigenvalue weighted by atomic mass is 16.1. The lowest BCUT2D eigenvalue weighted by Crippen LogP contribution is -1.97. The topological polar surface area (TPSA) is 17.1 Å². The molecule has 1 aliphatic carbocycles. The zero-order valence-electron chi connectivity index (χ0n) is 8.43. The quantitative estimate of drug-likeness (QED) is 0.520. The van der Waals surface area contributed by atoms with Gasteiger partial charge in [-0.25, -0.2) is 0 Å². The normalized spacial score (nSPS) is 22.0. The molecule has 0 fully saturated rings. The molecule has 0 saturated heterocycles. The van der Waals surface area contributed by atoms with Crippen molar-refractivity contribution in [3.8, 4) is 0 Å². The van der Waals surface area contributed by atoms with Crippen molar-refractivity contribution in [3.05, 3.63) is 12.2 Å². The maximum atomic E-state index is 11.3. The van der Waals surface area contributed by atoms with Gasteiger partial charge in [-0.1, -0.05) is 18.6 Å². The fourth-order valence-electron chi connectivity index (χ4n) is 1.71. The van der Waals surface area contributed by atoms with E-state index in [0.717, 1.165) is 32.1 Å². The van der Waals surface area contributed by atoms with Gasteiger partial charge in [0.15, 0.2) is 0 Å². The van der Waals surface area contributed by atoms with Crippen LogP contribution in [0.15, 0.2) is 12.2 Å². The molecule has 0 unspecified atom stereocenters.